The van der Waals surface area contributed by atoms with Crippen LogP contribution in [-0.4, -0.2) is 5.78 Å². The number of hydrogen-bond donors (Lipinski definition) is 1. The standard InChI is InChI=1S/C13H13ClN2O/c14-13-11(4-8(7-15)5-12(13)16)9-2-1-3-10(17)6-9/h4-5,9H,1-3,6,16H2. The van der Waals surface area contributed by atoms with Gasteiger partial charge in [-0.2, -0.15) is 5.26 Å². The van der Waals surface area contributed by atoms with Crippen molar-refractivity contribution < 1.29 is 4.79 Å². The van der Waals surface area contributed by atoms with E-state index in [4.69, 9.17) is 22.6 Å². The number of benzene rings is 1. The number of carbonyl (C=O) groups excluding carboxylic acids is 1. The molecule has 88 valence electrons. The van der Waals surface area contributed by atoms with Crippen LogP contribution in [-0.2, 0) is 4.79 Å². The number of halogens is 1. The highest BCUT2D eigenvalue weighted by Crippen LogP contribution is 2.37. The Morgan fingerprint density at radius 1 is 1.47 bits per heavy atom. The molecule has 3 nitrogen and oxygen atoms in total. The van der Waals surface area contributed by atoms with Crippen molar-refractivity contribution in [2.45, 2.75) is 31.6 Å². The molecule has 0 bridgehead atoms. The molecule has 1 unspecified atom stereocenters. The Balaban J connectivity index is 2.40. The fourth-order valence-corrected chi connectivity index (χ4v) is 2.59. The summed E-state index contributed by atoms with van der Waals surface area (Å²) in [6.07, 6.45) is 2.98. The Labute approximate surface area is 105 Å². The number of Topliss-reactive ketones (excluding diaryl/α,β-unsaturated/α-hetero) is 1. The second kappa shape index (κ2) is 4.77. The van der Waals surface area contributed by atoms with Gasteiger partial charge in [0.05, 0.1) is 22.3 Å². The van der Waals surface area contributed by atoms with Crippen molar-refractivity contribution in [1.82, 2.24) is 0 Å². The van der Waals surface area contributed by atoms with Crippen molar-refractivity contribution in [3.63, 3.8) is 0 Å². The molecule has 2 N–H and O–H groups in total. The predicted octanol–water partition coefficient (Wildman–Crippen LogP) is 3.02. The summed E-state index contributed by atoms with van der Waals surface area (Å²) in [5, 5.41) is 9.40. The van der Waals surface area contributed by atoms with Crippen LogP contribution in [0.5, 0.6) is 0 Å². The highest BCUT2D eigenvalue weighted by atomic mass is 35.5. The Hall–Kier alpha value is -1.53. The third kappa shape index (κ3) is 2.42. The number of carbonyl (C=O) groups is 1. The van der Waals surface area contributed by atoms with E-state index >= 15 is 0 Å². The van der Waals surface area contributed by atoms with E-state index in [1.807, 2.05) is 0 Å². The van der Waals surface area contributed by atoms with Gasteiger partial charge >= 0.3 is 0 Å². The van der Waals surface area contributed by atoms with Crippen molar-refractivity contribution in [2.24, 2.45) is 0 Å². The quantitative estimate of drug-likeness (QED) is 0.777. The zero-order valence-electron chi connectivity index (χ0n) is 9.37. The molecule has 1 aromatic rings. The monoisotopic (exact) mass is 248 g/mol. The summed E-state index contributed by atoms with van der Waals surface area (Å²) >= 11 is 6.16. The summed E-state index contributed by atoms with van der Waals surface area (Å²) in [5.74, 6) is 0.373. The topological polar surface area (TPSA) is 66.9 Å². The van der Waals surface area contributed by atoms with E-state index in [9.17, 15) is 4.79 Å². The molecule has 0 saturated heterocycles. The smallest absolute Gasteiger partial charge is 0.133 e. The van der Waals surface area contributed by atoms with Crippen LogP contribution in [0.3, 0.4) is 0 Å². The van der Waals surface area contributed by atoms with Crippen molar-refractivity contribution in [3.05, 3.63) is 28.3 Å². The number of anilines is 1. The van der Waals surface area contributed by atoms with Gasteiger partial charge < -0.3 is 5.73 Å². The van der Waals surface area contributed by atoms with Crippen LogP contribution in [0.4, 0.5) is 5.69 Å². The molecule has 0 amide bonds. The molecule has 0 heterocycles. The van der Waals surface area contributed by atoms with E-state index in [0.29, 0.717) is 29.1 Å². The average Bonchev–Trinajstić information content (AvgIpc) is 2.32. The minimum atomic E-state index is 0.111. The fourth-order valence-electron chi connectivity index (χ4n) is 2.32. The molecule has 0 radical (unpaired) electrons. The summed E-state index contributed by atoms with van der Waals surface area (Å²) in [7, 11) is 0. The Morgan fingerprint density at radius 2 is 2.24 bits per heavy atom. The van der Waals surface area contributed by atoms with Gasteiger partial charge in [-0.25, -0.2) is 0 Å². The molecular weight excluding hydrogens is 236 g/mol. The van der Waals surface area contributed by atoms with Gasteiger partial charge in [0.25, 0.3) is 0 Å². The summed E-state index contributed by atoms with van der Waals surface area (Å²) in [5.41, 5.74) is 7.53. The summed E-state index contributed by atoms with van der Waals surface area (Å²) in [4.78, 5) is 11.5. The zero-order valence-corrected chi connectivity index (χ0v) is 10.1. The van der Waals surface area contributed by atoms with Gasteiger partial charge in [0.1, 0.15) is 5.78 Å². The third-order valence-corrected chi connectivity index (χ3v) is 3.62. The van der Waals surface area contributed by atoms with E-state index in [-0.39, 0.29) is 11.7 Å². The maximum Gasteiger partial charge on any atom is 0.133 e. The first-order chi connectivity index (χ1) is 8.11. The molecule has 4 heteroatoms. The lowest BCUT2D eigenvalue weighted by atomic mass is 9.82. The maximum absolute atomic E-state index is 11.5. The highest BCUT2D eigenvalue weighted by Gasteiger charge is 2.24. The van der Waals surface area contributed by atoms with Gasteiger partial charge in [0.2, 0.25) is 0 Å². The molecule has 1 saturated carbocycles. The number of hydrogen-bond acceptors (Lipinski definition) is 3. The van der Waals surface area contributed by atoms with E-state index in [1.165, 1.54) is 0 Å². The van der Waals surface area contributed by atoms with Crippen LogP contribution in [0.25, 0.3) is 0 Å². The Bertz CT molecular complexity index is 505. The second-order valence-corrected chi connectivity index (χ2v) is 4.79. The maximum atomic E-state index is 11.5. The summed E-state index contributed by atoms with van der Waals surface area (Å²) in [6.45, 7) is 0. The number of rotatable bonds is 1. The molecule has 0 aliphatic heterocycles. The van der Waals surface area contributed by atoms with Crippen molar-refractivity contribution in [1.29, 1.82) is 5.26 Å². The van der Waals surface area contributed by atoms with Gasteiger partial charge in [0, 0.05) is 12.8 Å². The molecule has 1 fully saturated rings. The second-order valence-electron chi connectivity index (χ2n) is 4.41. The largest absolute Gasteiger partial charge is 0.397 e. The van der Waals surface area contributed by atoms with E-state index < -0.39 is 0 Å². The predicted molar refractivity (Wildman–Crippen MR) is 66.8 cm³/mol. The lowest BCUT2D eigenvalue weighted by molar-refractivity contribution is -0.120. The molecule has 0 spiro atoms. The van der Waals surface area contributed by atoms with Crippen LogP contribution in [0.1, 0.15) is 42.7 Å². The molecule has 1 aliphatic rings. The van der Waals surface area contributed by atoms with Crippen molar-refractivity contribution in [2.75, 3.05) is 5.73 Å². The molecule has 1 aromatic carbocycles. The van der Waals surface area contributed by atoms with E-state index in [0.717, 1.165) is 18.4 Å². The highest BCUT2D eigenvalue weighted by molar-refractivity contribution is 6.34. The van der Waals surface area contributed by atoms with Gasteiger partial charge in [-0.3, -0.25) is 4.79 Å². The van der Waals surface area contributed by atoms with Crippen molar-refractivity contribution in [3.8, 4) is 6.07 Å². The molecule has 1 aliphatic carbocycles. The molecule has 2 rings (SSSR count). The van der Waals surface area contributed by atoms with Crippen LogP contribution >= 0.6 is 11.6 Å². The van der Waals surface area contributed by atoms with Crippen LogP contribution in [0.15, 0.2) is 12.1 Å². The third-order valence-electron chi connectivity index (χ3n) is 3.18. The van der Waals surface area contributed by atoms with E-state index in [2.05, 4.69) is 6.07 Å². The number of nitrogens with zero attached hydrogens (tertiary/aromatic N) is 1. The summed E-state index contributed by atoms with van der Waals surface area (Å²) < 4.78 is 0. The van der Waals surface area contributed by atoms with Crippen molar-refractivity contribution >= 4 is 23.1 Å². The van der Waals surface area contributed by atoms with Gasteiger partial charge in [-0.1, -0.05) is 11.6 Å². The Kier molecular flexibility index (Phi) is 3.35. The SMILES string of the molecule is N#Cc1cc(N)c(Cl)c(C2CCCC(=O)C2)c1. The Morgan fingerprint density at radius 3 is 2.88 bits per heavy atom. The molecule has 17 heavy (non-hydrogen) atoms. The first-order valence-corrected chi connectivity index (χ1v) is 6.00. The molecular formula is C13H13ClN2O. The number of nitriles is 1. The zero-order chi connectivity index (χ0) is 12.4. The lowest BCUT2D eigenvalue weighted by Crippen LogP contribution is -2.14. The van der Waals surface area contributed by atoms with E-state index in [1.54, 1.807) is 12.1 Å². The van der Waals surface area contributed by atoms with Gasteiger partial charge in [-0.15, -0.1) is 0 Å². The number of nitrogen functional groups attached to an aromatic ring is 1. The summed E-state index contributed by atoms with van der Waals surface area (Å²) in [6, 6.07) is 5.38. The first-order valence-electron chi connectivity index (χ1n) is 5.62. The average molecular weight is 249 g/mol. The number of ketones is 1. The van der Waals surface area contributed by atoms with Crippen LogP contribution in [0, 0.1) is 11.3 Å². The lowest BCUT2D eigenvalue weighted by Gasteiger charge is -2.22. The first kappa shape index (κ1) is 11.9. The molecule has 1 atom stereocenters. The number of nitrogens with two attached hydrogens (primary N) is 1. The van der Waals surface area contributed by atoms with Crippen LogP contribution in [0.2, 0.25) is 5.02 Å². The molecule has 0 aromatic heterocycles. The van der Waals surface area contributed by atoms with Crippen LogP contribution < -0.4 is 5.73 Å². The minimum Gasteiger partial charge on any atom is -0.397 e. The normalized spacial score (nSPS) is 20.0. The van der Waals surface area contributed by atoms with Gasteiger partial charge in [-0.05, 0) is 36.5 Å². The minimum absolute atomic E-state index is 0.111. The van der Waals surface area contributed by atoms with Gasteiger partial charge in [0.15, 0.2) is 0 Å². The fraction of sp³-hybridized carbons (Fsp3) is 0.385.